The first kappa shape index (κ1) is 20.6. The Balaban J connectivity index is 1.78. The average molecular weight is 437 g/mol. The Morgan fingerprint density at radius 2 is 1.84 bits per heavy atom. The van der Waals surface area contributed by atoms with Crippen LogP contribution in [0.4, 0.5) is 10.1 Å². The van der Waals surface area contributed by atoms with Crippen molar-refractivity contribution in [1.82, 2.24) is 14.8 Å². The van der Waals surface area contributed by atoms with Crippen molar-refractivity contribution in [3.8, 4) is 22.8 Å². The first-order chi connectivity index (χ1) is 15.0. The highest BCUT2D eigenvalue weighted by Gasteiger charge is 2.20. The van der Waals surface area contributed by atoms with Crippen LogP contribution in [0, 0.1) is 12.7 Å². The van der Waals surface area contributed by atoms with Crippen molar-refractivity contribution >= 4 is 23.2 Å². The smallest absolute Gasteiger partial charge is 0.295 e. The summed E-state index contributed by atoms with van der Waals surface area (Å²) in [7, 11) is 1.55. The SMILES string of the molecule is COc1cccc(NC(=O)c2nc(-c3ccc(F)cc3)n(-c3cccc(Cl)c3C)n2)c1. The Hall–Kier alpha value is -3.71. The van der Waals surface area contributed by atoms with Crippen molar-refractivity contribution in [2.75, 3.05) is 12.4 Å². The lowest BCUT2D eigenvalue weighted by atomic mass is 10.1. The number of aromatic nitrogens is 3. The van der Waals surface area contributed by atoms with Crippen LogP contribution in [0.25, 0.3) is 17.1 Å². The van der Waals surface area contributed by atoms with E-state index in [0.29, 0.717) is 33.5 Å². The van der Waals surface area contributed by atoms with Crippen LogP contribution in [0.1, 0.15) is 16.2 Å². The lowest BCUT2D eigenvalue weighted by Gasteiger charge is -2.10. The van der Waals surface area contributed by atoms with Crippen molar-refractivity contribution in [3.05, 3.63) is 89.0 Å². The van der Waals surface area contributed by atoms with E-state index in [1.54, 1.807) is 55.6 Å². The van der Waals surface area contributed by atoms with Crippen molar-refractivity contribution in [2.45, 2.75) is 6.92 Å². The molecule has 0 spiro atoms. The number of carbonyl (C=O) groups excluding carboxylic acids is 1. The molecule has 0 aliphatic rings. The minimum absolute atomic E-state index is 0.0403. The van der Waals surface area contributed by atoms with Crippen molar-refractivity contribution < 1.29 is 13.9 Å². The van der Waals surface area contributed by atoms with Crippen LogP contribution < -0.4 is 10.1 Å². The van der Waals surface area contributed by atoms with Crippen LogP contribution in [0.15, 0.2) is 66.7 Å². The topological polar surface area (TPSA) is 69.0 Å². The molecule has 1 heterocycles. The van der Waals surface area contributed by atoms with E-state index < -0.39 is 5.91 Å². The zero-order valence-electron chi connectivity index (χ0n) is 16.8. The number of halogens is 2. The fraction of sp³-hybridized carbons (Fsp3) is 0.0870. The third kappa shape index (κ3) is 4.27. The van der Waals surface area contributed by atoms with Gasteiger partial charge in [0.05, 0.1) is 12.8 Å². The summed E-state index contributed by atoms with van der Waals surface area (Å²) in [4.78, 5) is 17.3. The monoisotopic (exact) mass is 436 g/mol. The van der Waals surface area contributed by atoms with E-state index in [1.807, 2.05) is 13.0 Å². The predicted octanol–water partition coefficient (Wildman–Crippen LogP) is 5.30. The van der Waals surface area contributed by atoms with Crippen molar-refractivity contribution in [2.24, 2.45) is 0 Å². The molecule has 1 N–H and O–H groups in total. The molecule has 0 aliphatic heterocycles. The minimum atomic E-state index is -0.491. The Morgan fingerprint density at radius 1 is 1.10 bits per heavy atom. The normalized spacial score (nSPS) is 10.7. The van der Waals surface area contributed by atoms with Crippen LogP contribution in [0.3, 0.4) is 0 Å². The predicted molar refractivity (Wildman–Crippen MR) is 117 cm³/mol. The van der Waals surface area contributed by atoms with Crippen LogP contribution in [0.2, 0.25) is 5.02 Å². The summed E-state index contributed by atoms with van der Waals surface area (Å²) in [6, 6.07) is 18.2. The van der Waals surface area contributed by atoms with Gasteiger partial charge < -0.3 is 10.1 Å². The van der Waals surface area contributed by atoms with Gasteiger partial charge in [0.15, 0.2) is 5.82 Å². The number of methoxy groups -OCH3 is 1. The van der Waals surface area contributed by atoms with Gasteiger partial charge >= 0.3 is 0 Å². The van der Waals surface area contributed by atoms with Crippen molar-refractivity contribution in [1.29, 1.82) is 0 Å². The second kappa shape index (κ2) is 8.57. The molecular weight excluding hydrogens is 419 g/mol. The minimum Gasteiger partial charge on any atom is -0.497 e. The summed E-state index contributed by atoms with van der Waals surface area (Å²) in [5.74, 6) is 0.0975. The van der Waals surface area contributed by atoms with Crippen molar-refractivity contribution in [3.63, 3.8) is 0 Å². The maximum Gasteiger partial charge on any atom is 0.295 e. The number of benzene rings is 3. The van der Waals surface area contributed by atoms with E-state index in [2.05, 4.69) is 15.4 Å². The van der Waals surface area contributed by atoms with E-state index in [-0.39, 0.29) is 11.6 Å². The van der Waals surface area contributed by atoms with Gasteiger partial charge in [-0.1, -0.05) is 23.7 Å². The molecule has 0 atom stereocenters. The molecule has 0 bridgehead atoms. The number of nitrogens with one attached hydrogen (secondary N) is 1. The second-order valence-electron chi connectivity index (χ2n) is 6.75. The molecule has 4 rings (SSSR count). The third-order valence-corrected chi connectivity index (χ3v) is 5.12. The summed E-state index contributed by atoms with van der Waals surface area (Å²) in [5.41, 5.74) is 2.59. The number of ether oxygens (including phenoxy) is 1. The molecule has 4 aromatic rings. The van der Waals surface area contributed by atoms with Gasteiger partial charge in [-0.3, -0.25) is 4.79 Å². The number of carbonyl (C=O) groups is 1. The Morgan fingerprint density at radius 3 is 2.58 bits per heavy atom. The number of nitrogens with zero attached hydrogens (tertiary/aromatic N) is 3. The number of anilines is 1. The molecule has 0 aliphatic carbocycles. The zero-order valence-corrected chi connectivity index (χ0v) is 17.5. The molecular formula is C23H18ClFN4O2. The third-order valence-electron chi connectivity index (χ3n) is 4.71. The first-order valence-corrected chi connectivity index (χ1v) is 9.78. The molecule has 8 heteroatoms. The largest absolute Gasteiger partial charge is 0.497 e. The summed E-state index contributed by atoms with van der Waals surface area (Å²) in [6.45, 7) is 1.85. The Kier molecular flexibility index (Phi) is 5.68. The van der Waals surface area contributed by atoms with Gasteiger partial charge in [0.2, 0.25) is 5.82 Å². The van der Waals surface area contributed by atoms with E-state index >= 15 is 0 Å². The fourth-order valence-corrected chi connectivity index (χ4v) is 3.24. The highest BCUT2D eigenvalue weighted by atomic mass is 35.5. The summed E-state index contributed by atoms with van der Waals surface area (Å²) in [6.07, 6.45) is 0. The molecule has 0 saturated heterocycles. The van der Waals surface area contributed by atoms with Gasteiger partial charge in [-0.15, -0.1) is 5.10 Å². The second-order valence-corrected chi connectivity index (χ2v) is 7.15. The maximum atomic E-state index is 13.4. The van der Waals surface area contributed by atoms with E-state index in [9.17, 15) is 9.18 Å². The van der Waals surface area contributed by atoms with Gasteiger partial charge in [-0.25, -0.2) is 14.1 Å². The van der Waals surface area contributed by atoms with Gasteiger partial charge in [-0.05, 0) is 61.0 Å². The summed E-state index contributed by atoms with van der Waals surface area (Å²) >= 11 is 6.29. The lowest BCUT2D eigenvalue weighted by Crippen LogP contribution is -2.14. The van der Waals surface area contributed by atoms with Crippen LogP contribution >= 0.6 is 11.6 Å². The first-order valence-electron chi connectivity index (χ1n) is 9.40. The van der Waals surface area contributed by atoms with Crippen LogP contribution in [0.5, 0.6) is 5.75 Å². The Labute approximate surface area is 183 Å². The zero-order chi connectivity index (χ0) is 22.0. The number of amides is 1. The maximum absolute atomic E-state index is 13.4. The number of hydrogen-bond acceptors (Lipinski definition) is 4. The van der Waals surface area contributed by atoms with E-state index in [1.165, 1.54) is 16.8 Å². The fourth-order valence-electron chi connectivity index (χ4n) is 3.08. The van der Waals surface area contributed by atoms with Gasteiger partial charge in [0.25, 0.3) is 5.91 Å². The standard InChI is InChI=1S/C23H18ClFN4O2/c1-14-19(24)7-4-8-20(14)29-22(15-9-11-16(25)12-10-15)27-21(28-29)23(30)26-17-5-3-6-18(13-17)31-2/h3-13H,1-2H3,(H,26,30). The van der Waals surface area contributed by atoms with Crippen LogP contribution in [-0.4, -0.2) is 27.8 Å². The average Bonchev–Trinajstić information content (AvgIpc) is 3.21. The molecule has 156 valence electrons. The highest BCUT2D eigenvalue weighted by Crippen LogP contribution is 2.27. The van der Waals surface area contributed by atoms with Gasteiger partial charge in [-0.2, -0.15) is 0 Å². The van der Waals surface area contributed by atoms with Gasteiger partial charge in [0, 0.05) is 22.3 Å². The highest BCUT2D eigenvalue weighted by molar-refractivity contribution is 6.31. The van der Waals surface area contributed by atoms with Gasteiger partial charge in [0.1, 0.15) is 11.6 Å². The number of rotatable bonds is 5. The molecule has 0 saturated carbocycles. The summed E-state index contributed by atoms with van der Waals surface area (Å²) in [5, 5.41) is 7.75. The molecule has 1 amide bonds. The molecule has 31 heavy (non-hydrogen) atoms. The molecule has 3 aromatic carbocycles. The molecule has 1 aromatic heterocycles. The van der Waals surface area contributed by atoms with E-state index in [0.717, 1.165) is 5.56 Å². The molecule has 6 nitrogen and oxygen atoms in total. The van der Waals surface area contributed by atoms with Crippen LogP contribution in [-0.2, 0) is 0 Å². The number of hydrogen-bond donors (Lipinski definition) is 1. The molecule has 0 unspecified atom stereocenters. The quantitative estimate of drug-likeness (QED) is 0.461. The summed E-state index contributed by atoms with van der Waals surface area (Å²) < 4.78 is 20.2. The lowest BCUT2D eigenvalue weighted by molar-refractivity contribution is 0.101. The molecule has 0 radical (unpaired) electrons. The molecule has 0 fully saturated rings. The Bertz CT molecular complexity index is 1250. The van der Waals surface area contributed by atoms with E-state index in [4.69, 9.17) is 16.3 Å².